The third kappa shape index (κ3) is 2.42. The van der Waals surface area contributed by atoms with Crippen LogP contribution in [0.25, 0.3) is 11.0 Å². The van der Waals surface area contributed by atoms with E-state index in [0.717, 1.165) is 11.3 Å². The lowest BCUT2D eigenvalue weighted by Gasteiger charge is -2.47. The van der Waals surface area contributed by atoms with E-state index < -0.39 is 5.79 Å². The van der Waals surface area contributed by atoms with E-state index in [0.29, 0.717) is 30.8 Å². The zero-order chi connectivity index (χ0) is 17.6. The Kier molecular flexibility index (Phi) is 3.56. The molecule has 8 nitrogen and oxygen atoms in total. The van der Waals surface area contributed by atoms with Gasteiger partial charge in [0.05, 0.1) is 24.5 Å². The van der Waals surface area contributed by atoms with E-state index in [1.807, 2.05) is 30.3 Å². The first kappa shape index (κ1) is 15.6. The van der Waals surface area contributed by atoms with Gasteiger partial charge in [0.25, 0.3) is 5.56 Å². The highest BCUT2D eigenvalue weighted by Crippen LogP contribution is 2.47. The fourth-order valence-electron chi connectivity index (χ4n) is 3.50. The minimum Gasteiger partial charge on any atom is -0.381 e. The van der Waals surface area contributed by atoms with Crippen LogP contribution in [0.15, 0.2) is 47.7 Å². The number of aromatic nitrogens is 3. The number of ether oxygens (including phenoxy) is 3. The standard InChI is InChI=1S/C18H18N4O4/c23-16-15-14(21-10-22-16)13(7-20-15)19-6-12-8-24-9-18(12)25-17(26-18)11-4-2-1-3-5-11/h1-5,7,10,12,17,19-20H,6,8-9H2,(H,21,22,23). The summed E-state index contributed by atoms with van der Waals surface area (Å²) in [4.78, 5) is 21.5. The highest BCUT2D eigenvalue weighted by atomic mass is 16.9. The second-order valence-corrected chi connectivity index (χ2v) is 6.54. The molecule has 134 valence electrons. The zero-order valence-electron chi connectivity index (χ0n) is 13.9. The van der Waals surface area contributed by atoms with Crippen LogP contribution in [-0.2, 0) is 14.2 Å². The number of benzene rings is 1. The Hall–Kier alpha value is -2.68. The maximum absolute atomic E-state index is 11.8. The summed E-state index contributed by atoms with van der Waals surface area (Å²) in [5.41, 5.74) is 2.64. The number of aromatic amines is 2. The largest absolute Gasteiger partial charge is 0.381 e. The Bertz CT molecular complexity index is 978. The fourth-order valence-corrected chi connectivity index (χ4v) is 3.50. The van der Waals surface area contributed by atoms with Crippen molar-refractivity contribution in [2.75, 3.05) is 25.1 Å². The number of nitrogens with zero attached hydrogens (tertiary/aromatic N) is 1. The summed E-state index contributed by atoms with van der Waals surface area (Å²) in [6, 6.07) is 9.85. The lowest BCUT2D eigenvalue weighted by molar-refractivity contribution is -0.465. The Balaban J connectivity index is 1.28. The van der Waals surface area contributed by atoms with Crippen LogP contribution < -0.4 is 10.9 Å². The van der Waals surface area contributed by atoms with Gasteiger partial charge in [-0.25, -0.2) is 4.98 Å². The highest BCUT2D eigenvalue weighted by molar-refractivity contribution is 5.87. The van der Waals surface area contributed by atoms with Crippen molar-refractivity contribution in [1.29, 1.82) is 0 Å². The molecule has 3 aromatic rings. The summed E-state index contributed by atoms with van der Waals surface area (Å²) in [7, 11) is 0. The molecule has 0 radical (unpaired) electrons. The Morgan fingerprint density at radius 1 is 1.23 bits per heavy atom. The molecular weight excluding hydrogens is 336 g/mol. The second kappa shape index (κ2) is 5.94. The van der Waals surface area contributed by atoms with Gasteiger partial charge >= 0.3 is 0 Å². The molecule has 1 aromatic carbocycles. The highest BCUT2D eigenvalue weighted by Gasteiger charge is 2.56. The Labute approximate surface area is 148 Å². The first-order chi connectivity index (χ1) is 12.8. The smallest absolute Gasteiger partial charge is 0.275 e. The fraction of sp³-hybridized carbons (Fsp3) is 0.333. The SMILES string of the molecule is O=c1[nH]cnc2c(NCC3COCC34OC(c3ccccc3)O4)c[nH]c12. The maximum Gasteiger partial charge on any atom is 0.275 e. The normalized spacial score (nSPS) is 27.7. The van der Waals surface area contributed by atoms with Crippen LogP contribution in [0.3, 0.4) is 0 Å². The van der Waals surface area contributed by atoms with Gasteiger partial charge < -0.3 is 29.5 Å². The molecule has 2 aliphatic rings. The quantitative estimate of drug-likeness (QED) is 0.660. The maximum atomic E-state index is 11.8. The summed E-state index contributed by atoms with van der Waals surface area (Å²) < 4.78 is 17.8. The second-order valence-electron chi connectivity index (χ2n) is 6.54. The van der Waals surface area contributed by atoms with Crippen molar-refractivity contribution in [1.82, 2.24) is 15.0 Å². The van der Waals surface area contributed by atoms with Crippen LogP contribution in [0.4, 0.5) is 5.69 Å². The predicted octanol–water partition coefficient (Wildman–Crippen LogP) is 1.75. The molecule has 4 heterocycles. The summed E-state index contributed by atoms with van der Waals surface area (Å²) >= 11 is 0. The number of nitrogens with one attached hydrogen (secondary N) is 3. The molecule has 0 saturated carbocycles. The van der Waals surface area contributed by atoms with Crippen molar-refractivity contribution >= 4 is 16.7 Å². The number of H-pyrrole nitrogens is 2. The summed E-state index contributed by atoms with van der Waals surface area (Å²) in [5, 5.41) is 3.33. The van der Waals surface area contributed by atoms with Gasteiger partial charge in [-0.2, -0.15) is 0 Å². The zero-order valence-corrected chi connectivity index (χ0v) is 13.9. The van der Waals surface area contributed by atoms with Gasteiger partial charge in [-0.05, 0) is 0 Å². The van der Waals surface area contributed by atoms with Gasteiger partial charge in [0.2, 0.25) is 5.79 Å². The van der Waals surface area contributed by atoms with Gasteiger partial charge in [0, 0.05) is 18.3 Å². The Morgan fingerprint density at radius 2 is 2.08 bits per heavy atom. The molecule has 8 heteroatoms. The van der Waals surface area contributed by atoms with Gasteiger partial charge in [0.15, 0.2) is 6.29 Å². The molecule has 1 spiro atoms. The summed E-state index contributed by atoms with van der Waals surface area (Å²) in [5.74, 6) is -0.681. The van der Waals surface area contributed by atoms with Crippen molar-refractivity contribution in [2.45, 2.75) is 12.1 Å². The molecule has 2 aliphatic heterocycles. The van der Waals surface area contributed by atoms with Crippen molar-refractivity contribution in [3.8, 4) is 0 Å². The molecule has 2 fully saturated rings. The number of fused-ring (bicyclic) bond motifs is 1. The van der Waals surface area contributed by atoms with Crippen LogP contribution in [0.1, 0.15) is 11.9 Å². The monoisotopic (exact) mass is 354 g/mol. The van der Waals surface area contributed by atoms with Crippen molar-refractivity contribution < 1.29 is 14.2 Å². The topological polar surface area (TPSA) is 101 Å². The van der Waals surface area contributed by atoms with E-state index in [2.05, 4.69) is 20.3 Å². The molecule has 0 amide bonds. The first-order valence-corrected chi connectivity index (χ1v) is 8.52. The lowest BCUT2D eigenvalue weighted by Crippen LogP contribution is -2.55. The summed E-state index contributed by atoms with van der Waals surface area (Å²) in [6.07, 6.45) is 2.78. The molecule has 3 N–H and O–H groups in total. The van der Waals surface area contributed by atoms with E-state index in [1.165, 1.54) is 6.33 Å². The Morgan fingerprint density at radius 3 is 2.92 bits per heavy atom. The number of hydrogen-bond donors (Lipinski definition) is 3. The molecule has 1 atom stereocenters. The van der Waals surface area contributed by atoms with Crippen LogP contribution in [0.5, 0.6) is 0 Å². The van der Waals surface area contributed by atoms with Crippen LogP contribution >= 0.6 is 0 Å². The molecule has 5 rings (SSSR count). The van der Waals surface area contributed by atoms with Gasteiger partial charge in [-0.15, -0.1) is 0 Å². The van der Waals surface area contributed by atoms with Gasteiger partial charge in [-0.3, -0.25) is 4.79 Å². The minimum absolute atomic E-state index is 0.0365. The van der Waals surface area contributed by atoms with E-state index in [1.54, 1.807) is 6.20 Å². The lowest BCUT2D eigenvalue weighted by atomic mass is 9.99. The average molecular weight is 354 g/mol. The van der Waals surface area contributed by atoms with Gasteiger partial charge in [0.1, 0.15) is 17.6 Å². The third-order valence-corrected chi connectivity index (χ3v) is 4.94. The number of hydrogen-bond acceptors (Lipinski definition) is 6. The summed E-state index contributed by atoms with van der Waals surface area (Å²) in [6.45, 7) is 1.54. The van der Waals surface area contributed by atoms with E-state index >= 15 is 0 Å². The van der Waals surface area contributed by atoms with Crippen molar-refractivity contribution in [3.05, 3.63) is 58.8 Å². The molecule has 0 aliphatic carbocycles. The van der Waals surface area contributed by atoms with Crippen LogP contribution in [0, 0.1) is 5.92 Å². The molecule has 2 saturated heterocycles. The van der Waals surface area contributed by atoms with Gasteiger partial charge in [-0.1, -0.05) is 30.3 Å². The average Bonchev–Trinajstić information content (AvgIpc) is 3.24. The first-order valence-electron chi connectivity index (χ1n) is 8.52. The molecular formula is C18H18N4O4. The molecule has 0 bridgehead atoms. The van der Waals surface area contributed by atoms with E-state index in [-0.39, 0.29) is 17.8 Å². The number of rotatable bonds is 4. The molecule has 2 aromatic heterocycles. The van der Waals surface area contributed by atoms with Crippen LogP contribution in [-0.4, -0.2) is 40.5 Å². The van der Waals surface area contributed by atoms with E-state index in [9.17, 15) is 4.79 Å². The van der Waals surface area contributed by atoms with Crippen LogP contribution in [0.2, 0.25) is 0 Å². The third-order valence-electron chi connectivity index (χ3n) is 4.94. The predicted molar refractivity (Wildman–Crippen MR) is 93.6 cm³/mol. The van der Waals surface area contributed by atoms with E-state index in [4.69, 9.17) is 14.2 Å². The van der Waals surface area contributed by atoms with Crippen molar-refractivity contribution in [3.63, 3.8) is 0 Å². The van der Waals surface area contributed by atoms with Crippen molar-refractivity contribution in [2.24, 2.45) is 5.92 Å². The molecule has 1 unspecified atom stereocenters. The minimum atomic E-state index is -0.718. The molecule has 26 heavy (non-hydrogen) atoms. The number of anilines is 1.